The van der Waals surface area contributed by atoms with Crippen LogP contribution in [0.15, 0.2) is 48.5 Å². The van der Waals surface area contributed by atoms with Crippen LogP contribution in [0.1, 0.15) is 12.5 Å². The summed E-state index contributed by atoms with van der Waals surface area (Å²) >= 11 is 0. The first-order chi connectivity index (χ1) is 12.5. The number of anilines is 1. The van der Waals surface area contributed by atoms with Crippen molar-refractivity contribution >= 4 is 17.3 Å². The fourth-order valence-electron chi connectivity index (χ4n) is 3.28. The van der Waals surface area contributed by atoms with E-state index in [-0.39, 0.29) is 17.6 Å². The lowest BCUT2D eigenvalue weighted by atomic mass is 10.1. The normalized spacial score (nSPS) is 17.2. The number of nitrogens with zero attached hydrogens (tertiary/aromatic N) is 3. The summed E-state index contributed by atoms with van der Waals surface area (Å²) < 4.78 is 14.2. The molecule has 1 unspecified atom stereocenters. The highest BCUT2D eigenvalue weighted by atomic mass is 19.1. The molecule has 1 fully saturated rings. The van der Waals surface area contributed by atoms with Crippen molar-refractivity contribution in [2.24, 2.45) is 0 Å². The largest absolute Gasteiger partial charge is 0.365 e. The van der Waals surface area contributed by atoms with E-state index in [1.807, 2.05) is 47.1 Å². The Morgan fingerprint density at radius 2 is 1.96 bits per heavy atom. The van der Waals surface area contributed by atoms with Gasteiger partial charge in [0.15, 0.2) is 5.82 Å². The Morgan fingerprint density at radius 3 is 2.58 bits per heavy atom. The lowest BCUT2D eigenvalue weighted by Crippen LogP contribution is -2.54. The molecule has 1 amide bonds. The Hall–Kier alpha value is -2.96. The Bertz CT molecular complexity index is 813. The first kappa shape index (κ1) is 17.8. The smallest absolute Gasteiger partial charge is 0.272 e. The number of benzene rings is 2. The van der Waals surface area contributed by atoms with Gasteiger partial charge in [-0.3, -0.25) is 14.9 Å². The Morgan fingerprint density at radius 1 is 1.23 bits per heavy atom. The third kappa shape index (κ3) is 3.82. The number of rotatable bonds is 4. The molecule has 136 valence electrons. The Labute approximate surface area is 151 Å². The van der Waals surface area contributed by atoms with Crippen LogP contribution in [0.2, 0.25) is 0 Å². The average Bonchev–Trinajstić information content (AvgIpc) is 2.62. The topological polar surface area (TPSA) is 66.7 Å². The Balaban J connectivity index is 1.66. The SMILES string of the molecule is CC1CN(c2ccc([N+](=O)[O-])cc2F)CCN1C(=O)Cc1ccccc1. The second-order valence-electron chi connectivity index (χ2n) is 6.44. The Kier molecular flexibility index (Phi) is 5.16. The number of halogens is 1. The molecular formula is C19H20FN3O3. The fourth-order valence-corrected chi connectivity index (χ4v) is 3.28. The van der Waals surface area contributed by atoms with Gasteiger partial charge in [0.05, 0.1) is 23.1 Å². The zero-order chi connectivity index (χ0) is 18.7. The van der Waals surface area contributed by atoms with Gasteiger partial charge in [0.25, 0.3) is 5.69 Å². The molecule has 0 saturated carbocycles. The lowest BCUT2D eigenvalue weighted by Gasteiger charge is -2.41. The number of non-ortho nitro benzene ring substituents is 1. The third-order valence-corrected chi connectivity index (χ3v) is 4.63. The van der Waals surface area contributed by atoms with E-state index in [0.717, 1.165) is 11.6 Å². The van der Waals surface area contributed by atoms with Gasteiger partial charge in [-0.2, -0.15) is 0 Å². The second-order valence-corrected chi connectivity index (χ2v) is 6.44. The molecule has 0 aromatic heterocycles. The summed E-state index contributed by atoms with van der Waals surface area (Å²) in [5, 5.41) is 10.7. The minimum Gasteiger partial charge on any atom is -0.365 e. The van der Waals surface area contributed by atoms with E-state index in [2.05, 4.69) is 0 Å². The highest BCUT2D eigenvalue weighted by Gasteiger charge is 2.29. The molecule has 2 aromatic rings. The first-order valence-corrected chi connectivity index (χ1v) is 8.48. The van der Waals surface area contributed by atoms with Crippen molar-refractivity contribution < 1.29 is 14.1 Å². The molecule has 0 aliphatic carbocycles. The maximum Gasteiger partial charge on any atom is 0.272 e. The minimum atomic E-state index is -0.615. The molecule has 3 rings (SSSR count). The van der Waals surface area contributed by atoms with Gasteiger partial charge in [-0.25, -0.2) is 4.39 Å². The highest BCUT2D eigenvalue weighted by Crippen LogP contribution is 2.26. The van der Waals surface area contributed by atoms with Crippen molar-refractivity contribution in [3.8, 4) is 0 Å². The summed E-state index contributed by atoms with van der Waals surface area (Å²) in [4.78, 5) is 26.3. The molecule has 0 bridgehead atoms. The van der Waals surface area contributed by atoms with Gasteiger partial charge in [0, 0.05) is 31.7 Å². The number of nitro groups is 1. The molecule has 0 N–H and O–H groups in total. The molecule has 0 spiro atoms. The second kappa shape index (κ2) is 7.51. The number of hydrogen-bond donors (Lipinski definition) is 0. The highest BCUT2D eigenvalue weighted by molar-refractivity contribution is 5.79. The van der Waals surface area contributed by atoms with Crippen LogP contribution in [0.25, 0.3) is 0 Å². The molecule has 0 radical (unpaired) electrons. The van der Waals surface area contributed by atoms with Crippen molar-refractivity contribution in [1.82, 2.24) is 4.90 Å². The quantitative estimate of drug-likeness (QED) is 0.623. The fraction of sp³-hybridized carbons (Fsp3) is 0.316. The number of amides is 1. The van der Waals surface area contributed by atoms with E-state index >= 15 is 0 Å². The van der Waals surface area contributed by atoms with Gasteiger partial charge < -0.3 is 9.80 Å². The van der Waals surface area contributed by atoms with Gasteiger partial charge in [0.2, 0.25) is 5.91 Å². The molecular weight excluding hydrogens is 337 g/mol. The number of hydrogen-bond acceptors (Lipinski definition) is 4. The van der Waals surface area contributed by atoms with Crippen molar-refractivity contribution in [1.29, 1.82) is 0 Å². The van der Waals surface area contributed by atoms with Crippen molar-refractivity contribution in [2.75, 3.05) is 24.5 Å². The molecule has 1 atom stereocenters. The predicted octanol–water partition coefficient (Wildman–Crippen LogP) is 3.01. The van der Waals surface area contributed by atoms with Crippen molar-refractivity contribution in [2.45, 2.75) is 19.4 Å². The number of nitro benzene ring substituents is 1. The van der Waals surface area contributed by atoms with Gasteiger partial charge in [0.1, 0.15) is 0 Å². The van der Waals surface area contributed by atoms with Crippen LogP contribution in [0.3, 0.4) is 0 Å². The van der Waals surface area contributed by atoms with E-state index in [1.54, 1.807) is 0 Å². The van der Waals surface area contributed by atoms with E-state index in [0.29, 0.717) is 31.7 Å². The molecule has 6 nitrogen and oxygen atoms in total. The van der Waals surface area contributed by atoms with Gasteiger partial charge in [-0.1, -0.05) is 30.3 Å². The van der Waals surface area contributed by atoms with Crippen LogP contribution in [-0.4, -0.2) is 41.4 Å². The summed E-state index contributed by atoms with van der Waals surface area (Å²) in [6.45, 7) is 3.39. The molecule has 2 aromatic carbocycles. The average molecular weight is 357 g/mol. The van der Waals surface area contributed by atoms with Crippen LogP contribution in [-0.2, 0) is 11.2 Å². The molecule has 26 heavy (non-hydrogen) atoms. The monoisotopic (exact) mass is 357 g/mol. The summed E-state index contributed by atoms with van der Waals surface area (Å²) in [5.41, 5.74) is 1.03. The van der Waals surface area contributed by atoms with E-state index in [1.165, 1.54) is 12.1 Å². The van der Waals surface area contributed by atoms with Gasteiger partial charge in [-0.05, 0) is 18.6 Å². The van der Waals surface area contributed by atoms with Gasteiger partial charge >= 0.3 is 0 Å². The van der Waals surface area contributed by atoms with E-state index in [4.69, 9.17) is 0 Å². The lowest BCUT2D eigenvalue weighted by molar-refractivity contribution is -0.385. The molecule has 1 heterocycles. The molecule has 1 aliphatic rings. The van der Waals surface area contributed by atoms with Crippen molar-refractivity contribution in [3.05, 3.63) is 70.0 Å². The zero-order valence-corrected chi connectivity index (χ0v) is 14.5. The van der Waals surface area contributed by atoms with Gasteiger partial charge in [-0.15, -0.1) is 0 Å². The summed E-state index contributed by atoms with van der Waals surface area (Å²) in [5.74, 6) is -0.567. The summed E-state index contributed by atoms with van der Waals surface area (Å²) in [7, 11) is 0. The summed E-state index contributed by atoms with van der Waals surface area (Å²) in [6.07, 6.45) is 0.344. The first-order valence-electron chi connectivity index (χ1n) is 8.48. The predicted molar refractivity (Wildman–Crippen MR) is 96.6 cm³/mol. The summed E-state index contributed by atoms with van der Waals surface area (Å²) in [6, 6.07) is 13.2. The molecule has 7 heteroatoms. The molecule has 1 saturated heterocycles. The van der Waals surface area contributed by atoms with Crippen molar-refractivity contribution in [3.63, 3.8) is 0 Å². The van der Waals surface area contributed by atoms with Crippen LogP contribution in [0, 0.1) is 15.9 Å². The van der Waals surface area contributed by atoms with Crippen LogP contribution < -0.4 is 4.90 Å². The van der Waals surface area contributed by atoms with E-state index < -0.39 is 10.7 Å². The number of carbonyl (C=O) groups is 1. The standard InChI is InChI=1S/C19H20FN3O3/c1-14-13-21(18-8-7-16(23(25)26)12-17(18)20)9-10-22(14)19(24)11-15-5-3-2-4-6-15/h2-8,12,14H,9-11,13H2,1H3. The van der Waals surface area contributed by atoms with Crippen LogP contribution in [0.5, 0.6) is 0 Å². The number of carbonyl (C=O) groups excluding carboxylic acids is 1. The molecule has 1 aliphatic heterocycles. The van der Waals surface area contributed by atoms with E-state index in [9.17, 15) is 19.3 Å². The third-order valence-electron chi connectivity index (χ3n) is 4.63. The van der Waals surface area contributed by atoms with Crippen LogP contribution >= 0.6 is 0 Å². The zero-order valence-electron chi connectivity index (χ0n) is 14.5. The maximum absolute atomic E-state index is 14.2. The maximum atomic E-state index is 14.2. The minimum absolute atomic E-state index is 0.0486. The van der Waals surface area contributed by atoms with Crippen LogP contribution in [0.4, 0.5) is 15.8 Å². The number of piperazine rings is 1.